The zero-order valence-electron chi connectivity index (χ0n) is 13.9. The molecule has 0 aliphatic carbocycles. The van der Waals surface area contributed by atoms with E-state index in [1.54, 1.807) is 24.3 Å². The Morgan fingerprint density at radius 1 is 1.04 bits per heavy atom. The number of rotatable bonds is 6. The lowest BCUT2D eigenvalue weighted by atomic mass is 10.1. The second-order valence-corrected chi connectivity index (χ2v) is 5.83. The van der Waals surface area contributed by atoms with Crippen LogP contribution in [0.25, 0.3) is 0 Å². The number of hydrogen-bond donors (Lipinski definition) is 1. The van der Waals surface area contributed by atoms with Crippen molar-refractivity contribution in [2.45, 2.75) is 13.8 Å². The Morgan fingerprint density at radius 2 is 1.60 bits per heavy atom. The number of esters is 1. The molecule has 0 aliphatic rings. The molecular weight excluding hydrogens is 324 g/mol. The third kappa shape index (κ3) is 5.13. The zero-order valence-corrected chi connectivity index (χ0v) is 13.9. The van der Waals surface area contributed by atoms with Crippen molar-refractivity contribution in [1.29, 1.82) is 0 Å². The smallest absolute Gasteiger partial charge is 0.338 e. The van der Waals surface area contributed by atoms with Crippen LogP contribution in [0.15, 0.2) is 48.5 Å². The van der Waals surface area contributed by atoms with Gasteiger partial charge in [0.05, 0.1) is 17.1 Å². The van der Waals surface area contributed by atoms with Gasteiger partial charge in [-0.1, -0.05) is 13.8 Å². The first-order chi connectivity index (χ1) is 11.9. The van der Waals surface area contributed by atoms with Crippen molar-refractivity contribution in [1.82, 2.24) is 0 Å². The largest absolute Gasteiger partial charge is 0.462 e. The van der Waals surface area contributed by atoms with Crippen LogP contribution < -0.4 is 5.32 Å². The van der Waals surface area contributed by atoms with Gasteiger partial charge in [0.25, 0.3) is 11.6 Å². The monoisotopic (exact) mass is 342 g/mol. The van der Waals surface area contributed by atoms with E-state index in [0.29, 0.717) is 23.4 Å². The van der Waals surface area contributed by atoms with Gasteiger partial charge in [0.2, 0.25) is 0 Å². The minimum atomic E-state index is -0.529. The molecule has 0 unspecified atom stereocenters. The molecular formula is C18H18N2O5. The van der Waals surface area contributed by atoms with E-state index in [1.807, 2.05) is 13.8 Å². The van der Waals surface area contributed by atoms with Crippen LogP contribution in [0, 0.1) is 16.0 Å². The van der Waals surface area contributed by atoms with Crippen molar-refractivity contribution in [2.75, 3.05) is 11.9 Å². The first-order valence-corrected chi connectivity index (χ1v) is 7.70. The van der Waals surface area contributed by atoms with Gasteiger partial charge >= 0.3 is 5.97 Å². The third-order valence-electron chi connectivity index (χ3n) is 3.27. The van der Waals surface area contributed by atoms with Crippen LogP contribution in [0.1, 0.15) is 34.6 Å². The molecule has 1 amide bonds. The minimum Gasteiger partial charge on any atom is -0.462 e. The maximum absolute atomic E-state index is 12.1. The fourth-order valence-electron chi connectivity index (χ4n) is 1.95. The summed E-state index contributed by atoms with van der Waals surface area (Å²) in [6.07, 6.45) is 0. The quantitative estimate of drug-likeness (QED) is 0.491. The van der Waals surface area contributed by atoms with Gasteiger partial charge in [-0.05, 0) is 42.3 Å². The molecule has 0 aromatic heterocycles. The lowest BCUT2D eigenvalue weighted by molar-refractivity contribution is -0.384. The van der Waals surface area contributed by atoms with E-state index >= 15 is 0 Å². The number of anilines is 1. The van der Waals surface area contributed by atoms with Crippen molar-refractivity contribution in [3.05, 3.63) is 69.8 Å². The third-order valence-corrected chi connectivity index (χ3v) is 3.27. The number of hydrogen-bond acceptors (Lipinski definition) is 5. The standard InChI is InChI=1S/C18H18N2O5/c1-12(2)11-25-18(22)14-3-7-15(8-4-14)19-17(21)13-5-9-16(10-6-13)20(23)24/h3-10,12H,11H2,1-2H3,(H,19,21). The summed E-state index contributed by atoms with van der Waals surface area (Å²) in [4.78, 5) is 34.0. The van der Waals surface area contributed by atoms with Crippen LogP contribution in [0.4, 0.5) is 11.4 Å². The first kappa shape index (κ1) is 18.1. The van der Waals surface area contributed by atoms with Gasteiger partial charge in [0.15, 0.2) is 0 Å². The molecule has 1 N–H and O–H groups in total. The summed E-state index contributed by atoms with van der Waals surface area (Å²) in [5.41, 5.74) is 1.12. The summed E-state index contributed by atoms with van der Waals surface area (Å²) in [5, 5.41) is 13.3. The number of non-ortho nitro benzene ring substituents is 1. The number of nitrogens with zero attached hydrogens (tertiary/aromatic N) is 1. The Morgan fingerprint density at radius 3 is 2.12 bits per heavy atom. The fourth-order valence-corrected chi connectivity index (χ4v) is 1.95. The van der Waals surface area contributed by atoms with E-state index in [4.69, 9.17) is 4.74 Å². The van der Waals surface area contributed by atoms with E-state index in [1.165, 1.54) is 24.3 Å². The predicted molar refractivity (Wildman–Crippen MR) is 92.6 cm³/mol. The molecule has 0 bridgehead atoms. The molecule has 0 saturated carbocycles. The predicted octanol–water partition coefficient (Wildman–Crippen LogP) is 3.66. The Balaban J connectivity index is 1.99. The van der Waals surface area contributed by atoms with Gasteiger partial charge in [-0.25, -0.2) is 4.79 Å². The molecule has 0 atom stereocenters. The fraction of sp³-hybridized carbons (Fsp3) is 0.222. The van der Waals surface area contributed by atoms with Crippen LogP contribution in [0.2, 0.25) is 0 Å². The maximum atomic E-state index is 12.1. The molecule has 0 aliphatic heterocycles. The van der Waals surface area contributed by atoms with Crippen molar-refractivity contribution in [2.24, 2.45) is 5.92 Å². The Kier molecular flexibility index (Phi) is 5.84. The molecule has 2 aromatic rings. The highest BCUT2D eigenvalue weighted by molar-refractivity contribution is 6.04. The van der Waals surface area contributed by atoms with Crippen LogP contribution in [0.5, 0.6) is 0 Å². The second-order valence-electron chi connectivity index (χ2n) is 5.83. The summed E-state index contributed by atoms with van der Waals surface area (Å²) >= 11 is 0. The van der Waals surface area contributed by atoms with Crippen molar-refractivity contribution in [3.8, 4) is 0 Å². The molecule has 0 heterocycles. The van der Waals surface area contributed by atoms with Gasteiger partial charge in [-0.15, -0.1) is 0 Å². The number of benzene rings is 2. The van der Waals surface area contributed by atoms with Gasteiger partial charge in [-0.3, -0.25) is 14.9 Å². The number of amides is 1. The molecule has 2 aromatic carbocycles. The molecule has 0 spiro atoms. The van der Waals surface area contributed by atoms with Crippen LogP contribution >= 0.6 is 0 Å². The zero-order chi connectivity index (χ0) is 18.4. The summed E-state index contributed by atoms with van der Waals surface area (Å²) in [5.74, 6) is -0.559. The SMILES string of the molecule is CC(C)COC(=O)c1ccc(NC(=O)c2ccc([N+](=O)[O-])cc2)cc1. The second kappa shape index (κ2) is 8.05. The molecule has 130 valence electrons. The molecule has 7 heteroatoms. The topological polar surface area (TPSA) is 98.5 Å². The highest BCUT2D eigenvalue weighted by atomic mass is 16.6. The number of nitro groups is 1. The van der Waals surface area contributed by atoms with Gasteiger partial charge in [-0.2, -0.15) is 0 Å². The van der Waals surface area contributed by atoms with E-state index in [0.717, 1.165) is 0 Å². The van der Waals surface area contributed by atoms with E-state index in [-0.39, 0.29) is 11.6 Å². The highest BCUT2D eigenvalue weighted by Gasteiger charge is 2.11. The molecule has 0 radical (unpaired) electrons. The minimum absolute atomic E-state index is 0.0826. The van der Waals surface area contributed by atoms with Crippen molar-refractivity contribution in [3.63, 3.8) is 0 Å². The summed E-state index contributed by atoms with van der Waals surface area (Å²) in [6, 6.07) is 11.6. The maximum Gasteiger partial charge on any atom is 0.338 e. The molecule has 2 rings (SSSR count). The van der Waals surface area contributed by atoms with E-state index in [2.05, 4.69) is 5.32 Å². The Bertz CT molecular complexity index is 767. The van der Waals surface area contributed by atoms with Crippen LogP contribution in [-0.2, 0) is 4.74 Å². The van der Waals surface area contributed by atoms with E-state index < -0.39 is 16.8 Å². The van der Waals surface area contributed by atoms with Gasteiger partial charge in [0, 0.05) is 23.4 Å². The number of ether oxygens (including phenoxy) is 1. The van der Waals surface area contributed by atoms with Gasteiger partial charge < -0.3 is 10.1 Å². The average Bonchev–Trinajstić information content (AvgIpc) is 2.60. The molecule has 25 heavy (non-hydrogen) atoms. The lowest BCUT2D eigenvalue weighted by Crippen LogP contribution is -2.13. The van der Waals surface area contributed by atoms with Crippen LogP contribution in [-0.4, -0.2) is 23.4 Å². The summed E-state index contributed by atoms with van der Waals surface area (Å²) < 4.78 is 5.13. The lowest BCUT2D eigenvalue weighted by Gasteiger charge is -2.08. The number of carbonyl (C=O) groups is 2. The summed E-state index contributed by atoms with van der Waals surface area (Å²) in [7, 11) is 0. The van der Waals surface area contributed by atoms with Gasteiger partial charge in [0.1, 0.15) is 0 Å². The van der Waals surface area contributed by atoms with Crippen LogP contribution in [0.3, 0.4) is 0 Å². The Labute approximate surface area is 144 Å². The normalized spacial score (nSPS) is 10.4. The number of carbonyl (C=O) groups excluding carboxylic acids is 2. The van der Waals surface area contributed by atoms with E-state index in [9.17, 15) is 19.7 Å². The van der Waals surface area contributed by atoms with Crippen molar-refractivity contribution >= 4 is 23.3 Å². The number of nitrogens with one attached hydrogen (secondary N) is 1. The molecule has 0 saturated heterocycles. The highest BCUT2D eigenvalue weighted by Crippen LogP contribution is 2.15. The Hall–Kier alpha value is -3.22. The van der Waals surface area contributed by atoms with Crippen molar-refractivity contribution < 1.29 is 19.2 Å². The molecule has 0 fully saturated rings. The average molecular weight is 342 g/mol. The first-order valence-electron chi connectivity index (χ1n) is 7.70. The summed E-state index contributed by atoms with van der Waals surface area (Å²) in [6.45, 7) is 4.24. The number of nitro benzene ring substituents is 1. The molecule has 7 nitrogen and oxygen atoms in total.